The maximum atomic E-state index is 12.5. The molecule has 3 amide bonds. The van der Waals surface area contributed by atoms with E-state index in [1.54, 1.807) is 30.5 Å². The Morgan fingerprint density at radius 1 is 1.17 bits per heavy atom. The summed E-state index contributed by atoms with van der Waals surface area (Å²) in [5, 5.41) is 14.0. The Labute approximate surface area is 177 Å². The van der Waals surface area contributed by atoms with Gasteiger partial charge in [-0.3, -0.25) is 23.9 Å². The van der Waals surface area contributed by atoms with Crippen LogP contribution < -0.4 is 16.2 Å². The van der Waals surface area contributed by atoms with E-state index in [1.807, 2.05) is 12.1 Å². The Morgan fingerprint density at radius 2 is 1.90 bits per heavy atom. The molecule has 2 aromatic heterocycles. The van der Waals surface area contributed by atoms with E-state index in [0.29, 0.717) is 21.8 Å². The van der Waals surface area contributed by atoms with Gasteiger partial charge in [0.05, 0.1) is 16.2 Å². The lowest BCUT2D eigenvalue weighted by atomic mass is 9.96. The number of hydrogen-bond acceptors (Lipinski definition) is 6. The van der Waals surface area contributed by atoms with E-state index in [4.69, 9.17) is 0 Å². The van der Waals surface area contributed by atoms with Crippen molar-refractivity contribution < 1.29 is 9.59 Å². The molecule has 9 nitrogen and oxygen atoms in total. The Balaban J connectivity index is 1.52. The van der Waals surface area contributed by atoms with Crippen LogP contribution in [0.3, 0.4) is 0 Å². The van der Waals surface area contributed by atoms with Crippen LogP contribution in [0.1, 0.15) is 39.0 Å². The quantitative estimate of drug-likeness (QED) is 0.617. The summed E-state index contributed by atoms with van der Waals surface area (Å²) in [7, 11) is 1.64. The Bertz CT molecular complexity index is 1160. The maximum absolute atomic E-state index is 12.5. The van der Waals surface area contributed by atoms with Crippen LogP contribution in [0.4, 0.5) is 4.79 Å². The monoisotopic (exact) mass is 428 g/mol. The average Bonchev–Trinajstić information content (AvgIpc) is 3.16. The minimum Gasteiger partial charge on any atom is -0.335 e. The molecular weight excluding hydrogens is 404 g/mol. The minimum absolute atomic E-state index is 0.127. The van der Waals surface area contributed by atoms with Crippen molar-refractivity contribution in [2.75, 3.05) is 0 Å². The number of para-hydroxylation sites is 1. The molecule has 1 unspecified atom stereocenters. The summed E-state index contributed by atoms with van der Waals surface area (Å²) in [6.45, 7) is 1.71. The van der Waals surface area contributed by atoms with Gasteiger partial charge in [0.1, 0.15) is 0 Å². The number of urea groups is 1. The third-order valence-corrected chi connectivity index (χ3v) is 6.47. The van der Waals surface area contributed by atoms with E-state index in [0.717, 1.165) is 25.7 Å². The number of amides is 3. The lowest BCUT2D eigenvalue weighted by molar-refractivity contribution is -0.119. The average molecular weight is 429 g/mol. The number of fused-ring (bicyclic) bond motifs is 3. The van der Waals surface area contributed by atoms with Gasteiger partial charge >= 0.3 is 6.03 Å². The van der Waals surface area contributed by atoms with Crippen LogP contribution >= 0.6 is 11.8 Å². The maximum Gasteiger partial charge on any atom is 0.321 e. The van der Waals surface area contributed by atoms with Gasteiger partial charge in [-0.25, -0.2) is 4.79 Å². The fraction of sp³-hybridized carbons (Fsp3) is 0.450. The first-order valence-corrected chi connectivity index (χ1v) is 10.9. The zero-order valence-corrected chi connectivity index (χ0v) is 17.7. The van der Waals surface area contributed by atoms with Gasteiger partial charge in [-0.2, -0.15) is 0 Å². The molecule has 10 heteroatoms. The van der Waals surface area contributed by atoms with E-state index in [-0.39, 0.29) is 11.6 Å². The number of nitrogens with zero attached hydrogens (tertiary/aromatic N) is 4. The highest BCUT2D eigenvalue weighted by atomic mass is 32.2. The number of rotatable bonds is 4. The molecule has 0 radical (unpaired) electrons. The van der Waals surface area contributed by atoms with Gasteiger partial charge in [0, 0.05) is 13.1 Å². The van der Waals surface area contributed by atoms with E-state index in [9.17, 15) is 14.4 Å². The van der Waals surface area contributed by atoms with Gasteiger partial charge in [-0.05, 0) is 31.9 Å². The summed E-state index contributed by atoms with van der Waals surface area (Å²) in [5.41, 5.74) is 0.512. The van der Waals surface area contributed by atoms with Gasteiger partial charge in [-0.15, -0.1) is 10.2 Å². The smallest absolute Gasteiger partial charge is 0.321 e. The molecule has 1 aliphatic carbocycles. The molecule has 0 aliphatic heterocycles. The molecule has 1 atom stereocenters. The molecule has 2 N–H and O–H groups in total. The van der Waals surface area contributed by atoms with Crippen LogP contribution in [-0.4, -0.2) is 42.4 Å². The fourth-order valence-electron chi connectivity index (χ4n) is 3.78. The van der Waals surface area contributed by atoms with E-state index < -0.39 is 17.2 Å². The third-order valence-electron chi connectivity index (χ3n) is 5.42. The van der Waals surface area contributed by atoms with Gasteiger partial charge in [0.2, 0.25) is 11.7 Å². The highest BCUT2D eigenvalue weighted by molar-refractivity contribution is 8.00. The first kappa shape index (κ1) is 20.4. The van der Waals surface area contributed by atoms with E-state index in [2.05, 4.69) is 20.8 Å². The predicted molar refractivity (Wildman–Crippen MR) is 115 cm³/mol. The Hall–Kier alpha value is -2.88. The number of carbonyl (C=O) groups excluding carboxylic acids is 2. The molecule has 1 saturated carbocycles. The molecule has 0 saturated heterocycles. The van der Waals surface area contributed by atoms with Crippen molar-refractivity contribution in [2.45, 2.75) is 55.5 Å². The van der Waals surface area contributed by atoms with Gasteiger partial charge in [0.15, 0.2) is 5.16 Å². The zero-order valence-electron chi connectivity index (χ0n) is 16.9. The van der Waals surface area contributed by atoms with Crippen molar-refractivity contribution in [3.63, 3.8) is 0 Å². The molecule has 158 valence electrons. The third kappa shape index (κ3) is 3.91. The predicted octanol–water partition coefficient (Wildman–Crippen LogP) is 2.22. The summed E-state index contributed by atoms with van der Waals surface area (Å²) >= 11 is 1.19. The molecule has 1 fully saturated rings. The molecule has 3 aromatic rings. The van der Waals surface area contributed by atoms with Crippen LogP contribution in [-0.2, 0) is 11.8 Å². The molecule has 0 bridgehead atoms. The van der Waals surface area contributed by atoms with Crippen LogP contribution in [0.25, 0.3) is 16.7 Å². The number of carbonyl (C=O) groups is 2. The molecule has 4 rings (SSSR count). The number of benzene rings is 1. The van der Waals surface area contributed by atoms with E-state index in [1.165, 1.54) is 22.7 Å². The van der Waals surface area contributed by atoms with Crippen molar-refractivity contribution in [1.29, 1.82) is 0 Å². The molecule has 1 aromatic carbocycles. The number of aromatic nitrogens is 4. The lowest BCUT2D eigenvalue weighted by Crippen LogP contribution is -2.47. The van der Waals surface area contributed by atoms with Gasteiger partial charge in [-0.1, -0.05) is 43.2 Å². The molecule has 30 heavy (non-hydrogen) atoms. The number of nitrogens with one attached hydrogen (secondary N) is 2. The van der Waals surface area contributed by atoms with Crippen molar-refractivity contribution in [3.8, 4) is 0 Å². The van der Waals surface area contributed by atoms with Crippen molar-refractivity contribution in [1.82, 2.24) is 29.8 Å². The summed E-state index contributed by atoms with van der Waals surface area (Å²) in [5.74, 6) is -0.0111. The topological polar surface area (TPSA) is 110 Å². The van der Waals surface area contributed by atoms with Crippen molar-refractivity contribution >= 4 is 40.4 Å². The number of aryl methyl sites for hydroxylation is 1. The normalized spacial score (nSPS) is 15.9. The van der Waals surface area contributed by atoms with E-state index >= 15 is 0 Å². The molecule has 0 spiro atoms. The lowest BCUT2D eigenvalue weighted by Gasteiger charge is -2.23. The Kier molecular flexibility index (Phi) is 5.76. The molecule has 2 heterocycles. The largest absolute Gasteiger partial charge is 0.335 e. The van der Waals surface area contributed by atoms with Crippen LogP contribution in [0.15, 0.2) is 34.2 Å². The first-order chi connectivity index (χ1) is 14.5. The van der Waals surface area contributed by atoms with Crippen molar-refractivity contribution in [3.05, 3.63) is 34.6 Å². The standard InChI is InChI=1S/C20H24N6O3S/c1-12(16(27)22-18(29)21-13-8-4-3-5-9-13)30-20-24-23-19-25(2)17(28)14-10-6-7-11-15(14)26(19)20/h6-7,10-13H,3-5,8-9H2,1-2H3,(H2,21,22,27,29). The van der Waals surface area contributed by atoms with Crippen LogP contribution in [0, 0.1) is 0 Å². The summed E-state index contributed by atoms with van der Waals surface area (Å²) in [4.78, 5) is 37.2. The van der Waals surface area contributed by atoms with Crippen LogP contribution in [0.2, 0.25) is 0 Å². The summed E-state index contributed by atoms with van der Waals surface area (Å²) in [6.07, 6.45) is 5.29. The highest BCUT2D eigenvalue weighted by Crippen LogP contribution is 2.25. The Morgan fingerprint density at radius 3 is 2.67 bits per heavy atom. The summed E-state index contributed by atoms with van der Waals surface area (Å²) < 4.78 is 3.19. The molecule has 1 aliphatic rings. The highest BCUT2D eigenvalue weighted by Gasteiger charge is 2.23. The SMILES string of the molecule is CC(Sc1nnc2n(C)c(=O)c3ccccc3n12)C(=O)NC(=O)NC1CCCCC1. The number of hydrogen-bond donors (Lipinski definition) is 2. The second kappa shape index (κ2) is 8.47. The number of thioether (sulfide) groups is 1. The second-order valence-corrected chi connectivity index (χ2v) is 8.86. The minimum atomic E-state index is -0.578. The zero-order chi connectivity index (χ0) is 21.3. The second-order valence-electron chi connectivity index (χ2n) is 7.56. The number of imide groups is 1. The van der Waals surface area contributed by atoms with Gasteiger partial charge < -0.3 is 5.32 Å². The van der Waals surface area contributed by atoms with Crippen LogP contribution in [0.5, 0.6) is 0 Å². The summed E-state index contributed by atoms with van der Waals surface area (Å²) in [6, 6.07) is 6.87. The molecular formula is C20H24N6O3S. The first-order valence-electron chi connectivity index (χ1n) is 10.1. The van der Waals surface area contributed by atoms with Crippen molar-refractivity contribution in [2.24, 2.45) is 7.05 Å². The van der Waals surface area contributed by atoms with Gasteiger partial charge in [0.25, 0.3) is 5.56 Å². The fourth-order valence-corrected chi connectivity index (χ4v) is 4.64.